The van der Waals surface area contributed by atoms with Gasteiger partial charge in [0.15, 0.2) is 5.82 Å². The van der Waals surface area contributed by atoms with Crippen LogP contribution in [0.1, 0.15) is 30.5 Å². The summed E-state index contributed by atoms with van der Waals surface area (Å²) in [6, 6.07) is 5.47. The summed E-state index contributed by atoms with van der Waals surface area (Å²) in [5.41, 5.74) is 6.55. The van der Waals surface area contributed by atoms with Gasteiger partial charge in [-0.15, -0.1) is 11.8 Å². The van der Waals surface area contributed by atoms with Crippen LogP contribution in [-0.4, -0.2) is 10.1 Å². The van der Waals surface area contributed by atoms with E-state index in [1.54, 1.807) is 17.8 Å². The molecule has 0 saturated heterocycles. The van der Waals surface area contributed by atoms with Crippen molar-refractivity contribution in [3.63, 3.8) is 0 Å². The minimum absolute atomic E-state index is 0.521. The van der Waals surface area contributed by atoms with Gasteiger partial charge in [-0.05, 0) is 31.0 Å². The molecule has 6 heteroatoms. The number of hydrogen-bond acceptors (Lipinski definition) is 5. The quantitative estimate of drug-likeness (QED) is 0.686. The SMILES string of the molecule is Nc1cc(Cl)ccc1SCc1nc(C2CC2)no1. The van der Waals surface area contributed by atoms with Crippen molar-refractivity contribution in [3.8, 4) is 0 Å². The van der Waals surface area contributed by atoms with Crippen molar-refractivity contribution in [1.82, 2.24) is 10.1 Å². The predicted molar refractivity (Wildman–Crippen MR) is 71.7 cm³/mol. The van der Waals surface area contributed by atoms with E-state index in [-0.39, 0.29) is 0 Å². The topological polar surface area (TPSA) is 64.9 Å². The third kappa shape index (κ3) is 2.62. The summed E-state index contributed by atoms with van der Waals surface area (Å²) in [4.78, 5) is 5.35. The second kappa shape index (κ2) is 4.82. The van der Waals surface area contributed by atoms with E-state index in [1.807, 2.05) is 12.1 Å². The Bertz CT molecular complexity index is 568. The summed E-state index contributed by atoms with van der Waals surface area (Å²) in [6.45, 7) is 0. The van der Waals surface area contributed by atoms with Crippen LogP contribution in [0, 0.1) is 0 Å². The maximum atomic E-state index is 5.88. The number of nitrogens with zero attached hydrogens (tertiary/aromatic N) is 2. The first-order valence-corrected chi connectivity index (χ1v) is 7.09. The van der Waals surface area contributed by atoms with E-state index in [9.17, 15) is 0 Å². The van der Waals surface area contributed by atoms with E-state index in [1.165, 1.54) is 12.8 Å². The van der Waals surface area contributed by atoms with Crippen molar-refractivity contribution in [2.45, 2.75) is 29.4 Å². The number of halogens is 1. The fourth-order valence-corrected chi connectivity index (χ4v) is 2.59. The van der Waals surface area contributed by atoms with E-state index >= 15 is 0 Å². The second-order valence-electron chi connectivity index (χ2n) is 4.29. The lowest BCUT2D eigenvalue weighted by atomic mass is 10.3. The first-order chi connectivity index (χ1) is 8.72. The summed E-state index contributed by atoms with van der Waals surface area (Å²) in [5, 5.41) is 4.62. The Morgan fingerprint density at radius 3 is 3.00 bits per heavy atom. The second-order valence-corrected chi connectivity index (χ2v) is 5.75. The van der Waals surface area contributed by atoms with Gasteiger partial charge in [0.2, 0.25) is 5.89 Å². The molecule has 3 rings (SSSR count). The number of benzene rings is 1. The van der Waals surface area contributed by atoms with Gasteiger partial charge in [0.25, 0.3) is 0 Å². The molecule has 0 unspecified atom stereocenters. The van der Waals surface area contributed by atoms with Gasteiger partial charge in [-0.2, -0.15) is 4.98 Å². The zero-order chi connectivity index (χ0) is 12.5. The summed E-state index contributed by atoms with van der Waals surface area (Å²) in [5.74, 6) is 2.64. The molecule has 2 N–H and O–H groups in total. The molecule has 0 bridgehead atoms. The van der Waals surface area contributed by atoms with Crippen LogP contribution < -0.4 is 5.73 Å². The number of hydrogen-bond donors (Lipinski definition) is 1. The molecule has 1 aliphatic rings. The Kier molecular flexibility index (Phi) is 3.18. The number of aromatic nitrogens is 2. The Hall–Kier alpha value is -1.20. The Morgan fingerprint density at radius 2 is 2.28 bits per heavy atom. The number of rotatable bonds is 4. The van der Waals surface area contributed by atoms with Crippen molar-refractivity contribution in [2.24, 2.45) is 0 Å². The van der Waals surface area contributed by atoms with E-state index in [0.717, 1.165) is 10.7 Å². The van der Waals surface area contributed by atoms with Crippen LogP contribution in [0.4, 0.5) is 5.69 Å². The standard InChI is InChI=1S/C12H12ClN3OS/c13-8-3-4-10(9(14)5-8)18-6-11-15-12(16-17-11)7-1-2-7/h3-5,7H,1-2,6,14H2. The molecule has 1 saturated carbocycles. The van der Waals surface area contributed by atoms with Gasteiger partial charge in [0.1, 0.15) is 0 Å². The highest BCUT2D eigenvalue weighted by molar-refractivity contribution is 7.98. The molecule has 0 radical (unpaired) electrons. The fourth-order valence-electron chi connectivity index (χ4n) is 1.62. The lowest BCUT2D eigenvalue weighted by Crippen LogP contribution is -1.89. The van der Waals surface area contributed by atoms with Crippen LogP contribution >= 0.6 is 23.4 Å². The highest BCUT2D eigenvalue weighted by atomic mass is 35.5. The Morgan fingerprint density at radius 1 is 1.44 bits per heavy atom. The van der Waals surface area contributed by atoms with Crippen LogP contribution in [-0.2, 0) is 5.75 Å². The molecule has 2 aromatic rings. The number of nitrogens with two attached hydrogens (primary N) is 1. The molecule has 0 aliphatic heterocycles. The molecule has 1 fully saturated rings. The van der Waals surface area contributed by atoms with Crippen molar-refractivity contribution in [3.05, 3.63) is 34.9 Å². The van der Waals surface area contributed by atoms with Crippen molar-refractivity contribution in [1.29, 1.82) is 0 Å². The monoisotopic (exact) mass is 281 g/mol. The highest BCUT2D eigenvalue weighted by Gasteiger charge is 2.28. The molecular weight excluding hydrogens is 270 g/mol. The van der Waals surface area contributed by atoms with Crippen LogP contribution in [0.15, 0.2) is 27.6 Å². The molecule has 1 aromatic heterocycles. The number of thioether (sulfide) groups is 1. The van der Waals surface area contributed by atoms with E-state index in [4.69, 9.17) is 21.9 Å². The first kappa shape index (κ1) is 11.9. The van der Waals surface area contributed by atoms with Gasteiger partial charge >= 0.3 is 0 Å². The van der Waals surface area contributed by atoms with Gasteiger partial charge in [-0.1, -0.05) is 16.8 Å². The smallest absolute Gasteiger partial charge is 0.237 e. The van der Waals surface area contributed by atoms with Crippen LogP contribution in [0.5, 0.6) is 0 Å². The first-order valence-electron chi connectivity index (χ1n) is 5.72. The van der Waals surface area contributed by atoms with Crippen molar-refractivity contribution in [2.75, 3.05) is 5.73 Å². The zero-order valence-corrected chi connectivity index (χ0v) is 11.2. The maximum absolute atomic E-state index is 5.88. The summed E-state index contributed by atoms with van der Waals surface area (Å²) < 4.78 is 5.20. The highest BCUT2D eigenvalue weighted by Crippen LogP contribution is 2.38. The predicted octanol–water partition coefficient (Wildman–Crippen LogP) is 3.47. The molecule has 1 aliphatic carbocycles. The third-order valence-electron chi connectivity index (χ3n) is 2.75. The number of nitrogen functional groups attached to an aromatic ring is 1. The van der Waals surface area contributed by atoms with Gasteiger partial charge in [-0.25, -0.2) is 0 Å². The average Bonchev–Trinajstić information content (AvgIpc) is 3.08. The summed E-state index contributed by atoms with van der Waals surface area (Å²) in [7, 11) is 0. The van der Waals surface area contributed by atoms with Crippen molar-refractivity contribution < 1.29 is 4.52 Å². The van der Waals surface area contributed by atoms with Crippen LogP contribution in [0.25, 0.3) is 0 Å². The maximum Gasteiger partial charge on any atom is 0.237 e. The molecule has 4 nitrogen and oxygen atoms in total. The molecule has 1 aromatic carbocycles. The Labute approximate surface area is 114 Å². The van der Waals surface area contributed by atoms with Gasteiger partial charge < -0.3 is 10.3 Å². The average molecular weight is 282 g/mol. The molecule has 0 spiro atoms. The largest absolute Gasteiger partial charge is 0.398 e. The number of anilines is 1. The van der Waals surface area contributed by atoms with E-state index in [2.05, 4.69) is 10.1 Å². The molecule has 1 heterocycles. The molecule has 0 atom stereocenters. The molecule has 0 amide bonds. The fraction of sp³-hybridized carbons (Fsp3) is 0.333. The normalized spacial score (nSPS) is 14.9. The minimum atomic E-state index is 0.521. The molecule has 18 heavy (non-hydrogen) atoms. The summed E-state index contributed by atoms with van der Waals surface area (Å²) >= 11 is 7.42. The third-order valence-corrected chi connectivity index (χ3v) is 4.06. The summed E-state index contributed by atoms with van der Waals surface area (Å²) in [6.07, 6.45) is 2.35. The van der Waals surface area contributed by atoms with Crippen LogP contribution in [0.2, 0.25) is 5.02 Å². The van der Waals surface area contributed by atoms with E-state index < -0.39 is 0 Å². The van der Waals surface area contributed by atoms with Gasteiger partial charge in [-0.3, -0.25) is 0 Å². The Balaban J connectivity index is 1.65. The molecular formula is C12H12ClN3OS. The van der Waals surface area contributed by atoms with Crippen LogP contribution in [0.3, 0.4) is 0 Å². The van der Waals surface area contributed by atoms with Gasteiger partial charge in [0, 0.05) is 21.5 Å². The lowest BCUT2D eigenvalue weighted by Gasteiger charge is -2.03. The minimum Gasteiger partial charge on any atom is -0.398 e. The van der Waals surface area contributed by atoms with E-state index in [0.29, 0.717) is 28.3 Å². The zero-order valence-electron chi connectivity index (χ0n) is 9.60. The van der Waals surface area contributed by atoms with Gasteiger partial charge in [0.05, 0.1) is 5.75 Å². The molecule has 94 valence electrons. The van der Waals surface area contributed by atoms with Crippen molar-refractivity contribution >= 4 is 29.1 Å². The lowest BCUT2D eigenvalue weighted by molar-refractivity contribution is 0.385.